The van der Waals surface area contributed by atoms with Gasteiger partial charge in [-0.25, -0.2) is 0 Å². The Kier molecular flexibility index (Phi) is 8.65. The second-order valence-electron chi connectivity index (χ2n) is 15.8. The fourth-order valence-corrected chi connectivity index (χ4v) is 9.63. The van der Waals surface area contributed by atoms with Gasteiger partial charge in [-0.2, -0.15) is 0 Å². The molecule has 248 valence electrons. The summed E-state index contributed by atoms with van der Waals surface area (Å²) in [5.41, 5.74) is 5.18. The van der Waals surface area contributed by atoms with Crippen molar-refractivity contribution in [2.24, 2.45) is 0 Å². The molecule has 0 amide bonds. The molecule has 0 spiro atoms. The van der Waals surface area contributed by atoms with Crippen molar-refractivity contribution in [2.75, 3.05) is 9.80 Å². The first-order chi connectivity index (χ1) is 23.2. The Morgan fingerprint density at radius 2 is 0.708 bits per heavy atom. The number of nitrogens with zero attached hydrogens (tertiary/aromatic N) is 2. The lowest BCUT2D eigenvalue weighted by atomic mass is 9.65. The first kappa shape index (κ1) is 32.5. The van der Waals surface area contributed by atoms with Gasteiger partial charge < -0.3 is 9.80 Å². The minimum Gasteiger partial charge on any atom is -0.353 e. The van der Waals surface area contributed by atoms with Gasteiger partial charge in [0.1, 0.15) is 0 Å². The monoisotopic (exact) mass is 634 g/mol. The first-order valence-electron chi connectivity index (χ1n) is 18.4. The largest absolute Gasteiger partial charge is 0.353 e. The maximum atomic E-state index is 2.67. The van der Waals surface area contributed by atoms with Crippen molar-refractivity contribution in [3.05, 3.63) is 157 Å². The van der Waals surface area contributed by atoms with Gasteiger partial charge in [-0.1, -0.05) is 141 Å². The fourth-order valence-electron chi connectivity index (χ4n) is 9.63. The molecule has 1 fully saturated rings. The summed E-state index contributed by atoms with van der Waals surface area (Å²) >= 11 is 0. The van der Waals surface area contributed by atoms with Crippen LogP contribution in [0.5, 0.6) is 0 Å². The number of anilines is 2. The molecule has 1 saturated carbocycles. The summed E-state index contributed by atoms with van der Waals surface area (Å²) in [6, 6.07) is 19.5. The molecule has 5 aliphatic rings. The summed E-state index contributed by atoms with van der Waals surface area (Å²) < 4.78 is 0. The lowest BCUT2D eigenvalue weighted by Crippen LogP contribution is -2.57. The molecule has 7 rings (SSSR count). The molecule has 48 heavy (non-hydrogen) atoms. The minimum atomic E-state index is -0.0926. The standard InChI is InChI=1S/C46H54N2/c1-42(28-10-5-11-29-42)47(43(2)30-12-6-13-31-43)40-24-20-38(21-25-40)46(36-18-9-19-37-46)39-22-26-41(27-23-39)48(44(3)32-14-7-15-33-44)45(4)34-16-8-17-35-45/h5-8,10-17,20-28,30,32,34H,9,18-19,29,31,33,35-37H2,1-4H3. The molecule has 0 radical (unpaired) electrons. The molecule has 4 atom stereocenters. The molecular formula is C46H54N2. The molecule has 0 N–H and O–H groups in total. The fraction of sp³-hybridized carbons (Fsp3) is 0.391. The van der Waals surface area contributed by atoms with Crippen LogP contribution >= 0.6 is 0 Å². The zero-order chi connectivity index (χ0) is 33.3. The van der Waals surface area contributed by atoms with Gasteiger partial charge in [0, 0.05) is 16.8 Å². The third-order valence-electron chi connectivity index (χ3n) is 12.0. The van der Waals surface area contributed by atoms with Gasteiger partial charge in [0.25, 0.3) is 0 Å². The maximum absolute atomic E-state index is 2.67. The van der Waals surface area contributed by atoms with Crippen molar-refractivity contribution in [3.8, 4) is 0 Å². The van der Waals surface area contributed by atoms with Crippen molar-refractivity contribution in [2.45, 2.75) is 113 Å². The van der Waals surface area contributed by atoms with Gasteiger partial charge in [-0.15, -0.1) is 0 Å². The van der Waals surface area contributed by atoms with E-state index in [1.165, 1.54) is 54.6 Å². The van der Waals surface area contributed by atoms with Crippen molar-refractivity contribution in [1.82, 2.24) is 0 Å². The summed E-state index contributed by atoms with van der Waals surface area (Å²) in [4.78, 5) is 5.34. The van der Waals surface area contributed by atoms with E-state index in [1.807, 2.05) is 0 Å². The highest BCUT2D eigenvalue weighted by Gasteiger charge is 2.43. The molecule has 0 aliphatic heterocycles. The Morgan fingerprint density at radius 3 is 0.979 bits per heavy atom. The van der Waals surface area contributed by atoms with Crippen LogP contribution in [0.15, 0.2) is 146 Å². The summed E-state index contributed by atoms with van der Waals surface area (Å²) in [7, 11) is 0. The highest BCUT2D eigenvalue weighted by atomic mass is 15.3. The molecule has 5 aliphatic carbocycles. The molecule has 0 heterocycles. The Bertz CT molecular complexity index is 1510. The van der Waals surface area contributed by atoms with E-state index in [0.29, 0.717) is 0 Å². The number of benzene rings is 2. The normalized spacial score (nSPS) is 31.7. The highest BCUT2D eigenvalue weighted by Crippen LogP contribution is 2.48. The molecule has 0 saturated heterocycles. The van der Waals surface area contributed by atoms with Crippen LogP contribution in [0, 0.1) is 0 Å². The summed E-state index contributed by atoms with van der Waals surface area (Å²) in [5.74, 6) is 0. The average molecular weight is 635 g/mol. The van der Waals surface area contributed by atoms with E-state index in [2.05, 4.69) is 183 Å². The molecule has 0 bridgehead atoms. The second-order valence-corrected chi connectivity index (χ2v) is 15.8. The highest BCUT2D eigenvalue weighted by molar-refractivity contribution is 5.61. The Labute approximate surface area is 290 Å². The summed E-state index contributed by atoms with van der Waals surface area (Å²) in [6.07, 6.45) is 46.8. The molecule has 2 aromatic rings. The molecule has 2 aromatic carbocycles. The zero-order valence-corrected chi connectivity index (χ0v) is 29.6. The van der Waals surface area contributed by atoms with E-state index >= 15 is 0 Å². The molecule has 2 nitrogen and oxygen atoms in total. The van der Waals surface area contributed by atoms with Crippen LogP contribution in [0.1, 0.15) is 96.6 Å². The lowest BCUT2D eigenvalue weighted by molar-refractivity contribution is 0.345. The van der Waals surface area contributed by atoms with Crippen LogP contribution in [0.25, 0.3) is 0 Å². The van der Waals surface area contributed by atoms with Gasteiger partial charge in [0.15, 0.2) is 0 Å². The Morgan fingerprint density at radius 1 is 0.396 bits per heavy atom. The summed E-state index contributed by atoms with van der Waals surface area (Å²) in [6.45, 7) is 9.58. The van der Waals surface area contributed by atoms with Crippen molar-refractivity contribution in [1.29, 1.82) is 0 Å². The van der Waals surface area contributed by atoms with Crippen LogP contribution in [0.4, 0.5) is 11.4 Å². The predicted molar refractivity (Wildman–Crippen MR) is 207 cm³/mol. The first-order valence-corrected chi connectivity index (χ1v) is 18.4. The van der Waals surface area contributed by atoms with E-state index in [1.54, 1.807) is 0 Å². The smallest absolute Gasteiger partial charge is 0.0602 e. The van der Waals surface area contributed by atoms with Crippen molar-refractivity contribution in [3.63, 3.8) is 0 Å². The van der Waals surface area contributed by atoms with Gasteiger partial charge in [0.2, 0.25) is 0 Å². The van der Waals surface area contributed by atoms with Crippen LogP contribution in [0.2, 0.25) is 0 Å². The number of rotatable bonds is 8. The van der Waals surface area contributed by atoms with Crippen LogP contribution in [-0.4, -0.2) is 22.2 Å². The zero-order valence-electron chi connectivity index (χ0n) is 29.6. The number of hydrogen-bond donors (Lipinski definition) is 0. The van der Waals surface area contributed by atoms with Gasteiger partial charge in [0.05, 0.1) is 22.2 Å². The van der Waals surface area contributed by atoms with E-state index < -0.39 is 0 Å². The average Bonchev–Trinajstić information content (AvgIpc) is 3.10. The van der Waals surface area contributed by atoms with Crippen molar-refractivity contribution >= 4 is 11.4 Å². The maximum Gasteiger partial charge on any atom is 0.0602 e. The third-order valence-corrected chi connectivity index (χ3v) is 12.0. The van der Waals surface area contributed by atoms with Gasteiger partial charge in [-0.05, 0) is 102 Å². The third kappa shape index (κ3) is 5.82. The van der Waals surface area contributed by atoms with Crippen molar-refractivity contribution < 1.29 is 0 Å². The van der Waals surface area contributed by atoms with E-state index in [4.69, 9.17) is 0 Å². The van der Waals surface area contributed by atoms with Crippen LogP contribution in [-0.2, 0) is 5.41 Å². The Hall–Kier alpha value is -4.04. The predicted octanol–water partition coefficient (Wildman–Crippen LogP) is 11.6. The molecule has 2 heteroatoms. The van der Waals surface area contributed by atoms with Crippen LogP contribution in [0.3, 0.4) is 0 Å². The van der Waals surface area contributed by atoms with E-state index in [0.717, 1.165) is 25.7 Å². The minimum absolute atomic E-state index is 0.0362. The van der Waals surface area contributed by atoms with E-state index in [-0.39, 0.29) is 27.6 Å². The Balaban J connectivity index is 1.25. The van der Waals surface area contributed by atoms with Crippen LogP contribution < -0.4 is 9.80 Å². The second kappa shape index (κ2) is 12.8. The molecule has 0 aromatic heterocycles. The number of hydrogen-bond acceptors (Lipinski definition) is 2. The quantitative estimate of drug-likeness (QED) is 0.285. The molecule has 4 unspecified atom stereocenters. The lowest BCUT2D eigenvalue weighted by Gasteiger charge is -2.52. The topological polar surface area (TPSA) is 6.48 Å². The summed E-state index contributed by atoms with van der Waals surface area (Å²) in [5, 5.41) is 0. The van der Waals surface area contributed by atoms with E-state index in [9.17, 15) is 0 Å². The molecular weight excluding hydrogens is 581 g/mol. The number of allylic oxidation sites excluding steroid dienone is 8. The SMILES string of the molecule is CC1(N(c2ccc(C3(c4ccc(N(C5(C)C=CC=CC5)C5(C)C=CC=CC5)cc4)CCCCC3)cc2)C2(C)C=CC=CC2)C=CC=CC1. The van der Waals surface area contributed by atoms with Gasteiger partial charge >= 0.3 is 0 Å². The van der Waals surface area contributed by atoms with Gasteiger partial charge in [-0.3, -0.25) is 0 Å².